The summed E-state index contributed by atoms with van der Waals surface area (Å²) in [6.07, 6.45) is 0. The number of aromatic amines is 1. The molecule has 0 atom stereocenters. The monoisotopic (exact) mass is 516 g/mol. The molecule has 0 spiro atoms. The lowest BCUT2D eigenvalue weighted by Crippen LogP contribution is -2.29. The molecule has 0 saturated carbocycles. The highest BCUT2D eigenvalue weighted by atomic mass is 127. The lowest BCUT2D eigenvalue weighted by atomic mass is 10.2. The van der Waals surface area contributed by atoms with Crippen molar-refractivity contribution in [1.29, 1.82) is 0 Å². The maximum atomic E-state index is 12.8. The Morgan fingerprint density at radius 2 is 2.04 bits per heavy atom. The molecule has 3 aromatic rings. The Morgan fingerprint density at radius 1 is 1.29 bits per heavy atom. The zero-order valence-corrected chi connectivity index (χ0v) is 16.9. The molecule has 5 nitrogen and oxygen atoms in total. The molecule has 2 aromatic carbocycles. The van der Waals surface area contributed by atoms with Gasteiger partial charge in [-0.3, -0.25) is 9.59 Å². The molecule has 0 amide bonds. The van der Waals surface area contributed by atoms with E-state index in [4.69, 9.17) is 17.0 Å². The molecule has 0 saturated heterocycles. The number of fused-ring (bicyclic) bond motifs is 1. The molecular formula is C16H10BrIN2O3S. The van der Waals surface area contributed by atoms with Crippen LogP contribution in [0.15, 0.2) is 45.7 Å². The third kappa shape index (κ3) is 3.05. The average molecular weight is 517 g/mol. The van der Waals surface area contributed by atoms with Crippen LogP contribution in [-0.2, 0) is 0 Å². The van der Waals surface area contributed by atoms with Crippen LogP contribution in [0.3, 0.4) is 0 Å². The Labute approximate surface area is 163 Å². The second kappa shape index (κ2) is 6.77. The summed E-state index contributed by atoms with van der Waals surface area (Å²) in [4.78, 5) is 28.5. The maximum Gasteiger partial charge on any atom is 0.269 e. The number of hydrogen-bond acceptors (Lipinski definition) is 4. The van der Waals surface area contributed by atoms with Gasteiger partial charge in [0.05, 0.1) is 22.5 Å². The van der Waals surface area contributed by atoms with Crippen molar-refractivity contribution in [3.05, 3.63) is 65.1 Å². The van der Waals surface area contributed by atoms with E-state index in [1.165, 1.54) is 7.11 Å². The fourth-order valence-electron chi connectivity index (χ4n) is 2.30. The molecule has 0 aliphatic carbocycles. The topological polar surface area (TPSA) is 64.1 Å². The van der Waals surface area contributed by atoms with Crippen LogP contribution in [0.5, 0.6) is 5.75 Å². The highest BCUT2D eigenvalue weighted by Gasteiger charge is 2.16. The van der Waals surface area contributed by atoms with Crippen LogP contribution in [0.4, 0.5) is 0 Å². The highest BCUT2D eigenvalue weighted by Crippen LogP contribution is 2.25. The molecule has 0 unspecified atom stereocenters. The van der Waals surface area contributed by atoms with Crippen LogP contribution in [0.2, 0.25) is 0 Å². The molecule has 1 N–H and O–H groups in total. The second-order valence-electron chi connectivity index (χ2n) is 4.92. The Kier molecular flexibility index (Phi) is 4.88. The van der Waals surface area contributed by atoms with Crippen LogP contribution in [-0.4, -0.2) is 22.6 Å². The van der Waals surface area contributed by atoms with Crippen LogP contribution in [0, 0.1) is 8.34 Å². The number of hydrogen-bond donors (Lipinski definition) is 1. The summed E-state index contributed by atoms with van der Waals surface area (Å²) in [7, 11) is 1.54. The number of carbonyl (C=O) groups excluding carboxylic acids is 1. The summed E-state index contributed by atoms with van der Waals surface area (Å²) in [5, 5.41) is 0.413. The third-order valence-corrected chi connectivity index (χ3v) is 5.04. The number of H-pyrrole nitrogens is 1. The lowest BCUT2D eigenvalue weighted by Gasteiger charge is -2.09. The lowest BCUT2D eigenvalue weighted by molar-refractivity contribution is 0.0953. The van der Waals surface area contributed by atoms with Gasteiger partial charge in [0.15, 0.2) is 4.77 Å². The number of aromatic nitrogens is 2. The number of methoxy groups -OCH3 is 1. The first kappa shape index (κ1) is 17.3. The van der Waals surface area contributed by atoms with Crippen LogP contribution >= 0.6 is 50.7 Å². The van der Waals surface area contributed by atoms with Crippen molar-refractivity contribution in [2.75, 3.05) is 7.11 Å². The van der Waals surface area contributed by atoms with Gasteiger partial charge >= 0.3 is 0 Å². The minimum Gasteiger partial charge on any atom is -0.496 e. The predicted molar refractivity (Wildman–Crippen MR) is 107 cm³/mol. The fourth-order valence-corrected chi connectivity index (χ4v) is 3.61. The van der Waals surface area contributed by atoms with Gasteiger partial charge in [-0.15, -0.1) is 0 Å². The molecule has 24 heavy (non-hydrogen) atoms. The molecule has 8 heteroatoms. The SMILES string of the molecule is COc1ccc(C(=O)n2c(=S)[nH]c3ccc(I)cc3c2=O)cc1Br. The number of ether oxygens (including phenoxy) is 1. The fraction of sp³-hybridized carbons (Fsp3) is 0.0625. The van der Waals surface area contributed by atoms with Crippen molar-refractivity contribution in [2.24, 2.45) is 0 Å². The number of benzene rings is 2. The minimum atomic E-state index is -0.495. The largest absolute Gasteiger partial charge is 0.496 e. The molecule has 0 aliphatic heterocycles. The molecule has 3 rings (SSSR count). The van der Waals surface area contributed by atoms with E-state index < -0.39 is 11.5 Å². The van der Waals surface area contributed by atoms with E-state index in [-0.39, 0.29) is 4.77 Å². The molecule has 122 valence electrons. The summed E-state index contributed by atoms with van der Waals surface area (Å²) in [6, 6.07) is 10.2. The zero-order chi connectivity index (χ0) is 17.4. The van der Waals surface area contributed by atoms with E-state index in [9.17, 15) is 9.59 Å². The standard InChI is InChI=1S/C16H10BrIN2O3S/c1-23-13-5-2-8(6-11(13)17)14(21)20-15(22)10-7-9(18)3-4-12(10)19-16(20)24/h2-7H,1H3,(H,19,24). The van der Waals surface area contributed by atoms with Crippen molar-refractivity contribution in [2.45, 2.75) is 0 Å². The van der Waals surface area contributed by atoms with E-state index in [0.29, 0.717) is 26.7 Å². The van der Waals surface area contributed by atoms with Gasteiger partial charge in [0.2, 0.25) is 0 Å². The van der Waals surface area contributed by atoms with Gasteiger partial charge in [0.25, 0.3) is 11.5 Å². The normalized spacial score (nSPS) is 10.8. The summed E-state index contributed by atoms with van der Waals surface area (Å²) in [5.41, 5.74) is 0.490. The molecule has 1 aromatic heterocycles. The summed E-state index contributed by atoms with van der Waals surface area (Å²) in [5.74, 6) is 0.0995. The Bertz CT molecular complexity index is 1090. The van der Waals surface area contributed by atoms with Crippen molar-refractivity contribution >= 4 is 67.5 Å². The Hall–Kier alpha value is -1.52. The number of rotatable bonds is 2. The van der Waals surface area contributed by atoms with E-state index in [0.717, 1.165) is 8.14 Å². The Balaban J connectivity index is 2.22. The van der Waals surface area contributed by atoms with Gasteiger partial charge < -0.3 is 9.72 Å². The van der Waals surface area contributed by atoms with Crippen LogP contribution in [0.25, 0.3) is 10.9 Å². The van der Waals surface area contributed by atoms with Gasteiger partial charge in [0, 0.05) is 9.13 Å². The quantitative estimate of drug-likeness (QED) is 0.411. The van der Waals surface area contributed by atoms with E-state index in [1.54, 1.807) is 30.3 Å². The van der Waals surface area contributed by atoms with Crippen LogP contribution in [0.1, 0.15) is 10.4 Å². The molecule has 0 aliphatic rings. The third-order valence-electron chi connectivity index (χ3n) is 3.46. The molecule has 0 bridgehead atoms. The van der Waals surface area contributed by atoms with Gasteiger partial charge in [-0.2, -0.15) is 0 Å². The smallest absolute Gasteiger partial charge is 0.269 e. The molecule has 0 fully saturated rings. The Morgan fingerprint density at radius 3 is 2.71 bits per heavy atom. The minimum absolute atomic E-state index is 0.0608. The van der Waals surface area contributed by atoms with Crippen LogP contribution < -0.4 is 10.3 Å². The predicted octanol–water partition coefficient (Wildman–Crippen LogP) is 4.12. The van der Waals surface area contributed by atoms with E-state index >= 15 is 0 Å². The van der Waals surface area contributed by atoms with Gasteiger partial charge in [-0.25, -0.2) is 4.57 Å². The number of carbonyl (C=O) groups is 1. The van der Waals surface area contributed by atoms with E-state index in [2.05, 4.69) is 43.5 Å². The number of nitrogens with zero attached hydrogens (tertiary/aromatic N) is 1. The van der Waals surface area contributed by atoms with Gasteiger partial charge in [-0.1, -0.05) is 0 Å². The molecule has 1 heterocycles. The first-order valence-electron chi connectivity index (χ1n) is 6.75. The first-order valence-corrected chi connectivity index (χ1v) is 9.03. The first-order chi connectivity index (χ1) is 11.4. The molecule has 0 radical (unpaired) electrons. The summed E-state index contributed by atoms with van der Waals surface area (Å²) >= 11 is 10.7. The van der Waals surface area contributed by atoms with E-state index in [1.807, 2.05) is 6.07 Å². The van der Waals surface area contributed by atoms with Crippen molar-refractivity contribution in [3.63, 3.8) is 0 Å². The number of halogens is 2. The van der Waals surface area contributed by atoms with Gasteiger partial charge in [0.1, 0.15) is 5.75 Å². The number of nitrogens with one attached hydrogen (secondary N) is 1. The maximum absolute atomic E-state index is 12.8. The van der Waals surface area contributed by atoms with Gasteiger partial charge in [-0.05, 0) is 87.1 Å². The highest BCUT2D eigenvalue weighted by molar-refractivity contribution is 14.1. The van der Waals surface area contributed by atoms with Crippen molar-refractivity contribution < 1.29 is 9.53 Å². The van der Waals surface area contributed by atoms with Crippen molar-refractivity contribution in [3.8, 4) is 5.75 Å². The molecular weight excluding hydrogens is 507 g/mol. The average Bonchev–Trinajstić information content (AvgIpc) is 2.55. The second-order valence-corrected chi connectivity index (χ2v) is 7.40. The zero-order valence-electron chi connectivity index (χ0n) is 12.3. The van der Waals surface area contributed by atoms with Crippen molar-refractivity contribution in [1.82, 2.24) is 9.55 Å². The summed E-state index contributed by atoms with van der Waals surface area (Å²) in [6.45, 7) is 0. The summed E-state index contributed by atoms with van der Waals surface area (Å²) < 4.78 is 7.70.